The lowest BCUT2D eigenvalue weighted by atomic mass is 9.91. The van der Waals surface area contributed by atoms with E-state index >= 15 is 0 Å². The molecule has 0 radical (unpaired) electrons. The van der Waals surface area contributed by atoms with Crippen molar-refractivity contribution in [1.82, 2.24) is 4.90 Å². The molecule has 156 valence electrons. The number of anilines is 1. The Bertz CT molecular complexity index is 988. The van der Waals surface area contributed by atoms with E-state index in [4.69, 9.17) is 27.9 Å². The molecule has 30 heavy (non-hydrogen) atoms. The summed E-state index contributed by atoms with van der Waals surface area (Å²) in [6.45, 7) is 3.00. The van der Waals surface area contributed by atoms with Crippen molar-refractivity contribution >= 4 is 40.7 Å². The molecule has 2 aromatic rings. The van der Waals surface area contributed by atoms with Crippen LogP contribution in [0.25, 0.3) is 0 Å². The van der Waals surface area contributed by atoms with Crippen LogP contribution in [0, 0.1) is 4.91 Å². The summed E-state index contributed by atoms with van der Waals surface area (Å²) >= 11 is 12.0. The van der Waals surface area contributed by atoms with E-state index < -0.39 is 17.4 Å². The molecular formula is C21H19Cl2N3O4. The molecule has 1 aliphatic rings. The van der Waals surface area contributed by atoms with Crippen LogP contribution in [0.4, 0.5) is 5.69 Å². The van der Waals surface area contributed by atoms with Gasteiger partial charge in [0.15, 0.2) is 6.73 Å². The minimum atomic E-state index is -1.28. The standard InChI is InChI=1S/C21H19Cl2N3O4/c1-21(2,20(28)25-16-9-14(22)8-15(23)10-16)26-12-30-17(11-24-29)18(19(26)27)13-6-4-3-5-7-13/h3-11,18H,12H2,1-2H3,(H,25,28). The summed E-state index contributed by atoms with van der Waals surface area (Å²) in [6.07, 6.45) is 0.980. The SMILES string of the molecule is CC(C)(C(=O)Nc1cc(Cl)cc(Cl)c1)N1COC(=CN=O)C(c2ccccc2)C1=O. The van der Waals surface area contributed by atoms with Gasteiger partial charge in [0, 0.05) is 15.7 Å². The Morgan fingerprint density at radius 1 is 1.20 bits per heavy atom. The zero-order valence-corrected chi connectivity index (χ0v) is 17.8. The highest BCUT2D eigenvalue weighted by Gasteiger charge is 2.45. The average Bonchev–Trinajstić information content (AvgIpc) is 2.68. The number of amides is 2. The van der Waals surface area contributed by atoms with Gasteiger partial charge in [-0.05, 0) is 42.8 Å². The van der Waals surface area contributed by atoms with Gasteiger partial charge in [0.2, 0.25) is 11.8 Å². The second kappa shape index (κ2) is 8.85. The van der Waals surface area contributed by atoms with Crippen LogP contribution in [0.1, 0.15) is 25.3 Å². The summed E-state index contributed by atoms with van der Waals surface area (Å²) in [5.74, 6) is -1.59. The van der Waals surface area contributed by atoms with Crippen molar-refractivity contribution in [3.05, 3.63) is 81.0 Å². The Hall–Kier alpha value is -2.90. The summed E-state index contributed by atoms with van der Waals surface area (Å²) in [4.78, 5) is 38.5. The quantitative estimate of drug-likeness (QED) is 0.658. The Morgan fingerprint density at radius 3 is 2.43 bits per heavy atom. The number of carbonyl (C=O) groups excluding carboxylic acids is 2. The lowest BCUT2D eigenvalue weighted by Crippen LogP contribution is -2.59. The highest BCUT2D eigenvalue weighted by molar-refractivity contribution is 6.35. The lowest BCUT2D eigenvalue weighted by Gasteiger charge is -2.42. The smallest absolute Gasteiger partial charge is 0.249 e. The topological polar surface area (TPSA) is 88.1 Å². The van der Waals surface area contributed by atoms with Crippen LogP contribution in [-0.4, -0.2) is 29.0 Å². The van der Waals surface area contributed by atoms with Crippen LogP contribution in [0.3, 0.4) is 0 Å². The van der Waals surface area contributed by atoms with E-state index in [0.29, 0.717) is 21.3 Å². The van der Waals surface area contributed by atoms with Crippen molar-refractivity contribution in [3.63, 3.8) is 0 Å². The van der Waals surface area contributed by atoms with Gasteiger partial charge in [-0.15, -0.1) is 4.91 Å². The van der Waals surface area contributed by atoms with E-state index in [0.717, 1.165) is 6.20 Å². The fourth-order valence-corrected chi connectivity index (χ4v) is 3.68. The molecule has 0 aliphatic carbocycles. The number of halogens is 2. The first-order valence-corrected chi connectivity index (χ1v) is 9.79. The maximum Gasteiger partial charge on any atom is 0.249 e. The van der Waals surface area contributed by atoms with Gasteiger partial charge < -0.3 is 10.1 Å². The molecule has 9 heteroatoms. The number of ether oxygens (including phenoxy) is 1. The minimum absolute atomic E-state index is 0.135. The van der Waals surface area contributed by atoms with Crippen LogP contribution in [-0.2, 0) is 14.3 Å². The van der Waals surface area contributed by atoms with Gasteiger partial charge in [0.05, 0.1) is 0 Å². The third-order valence-electron chi connectivity index (χ3n) is 4.82. The first-order valence-electron chi connectivity index (χ1n) is 9.03. The molecule has 0 aromatic heterocycles. The number of nitrogens with zero attached hydrogens (tertiary/aromatic N) is 2. The van der Waals surface area contributed by atoms with Crippen LogP contribution in [0.15, 0.2) is 65.7 Å². The second-order valence-corrected chi connectivity index (χ2v) is 8.06. The molecule has 0 spiro atoms. The fourth-order valence-electron chi connectivity index (χ4n) is 3.15. The molecular weight excluding hydrogens is 429 g/mol. The van der Waals surface area contributed by atoms with Gasteiger partial charge in [0.25, 0.3) is 0 Å². The summed E-state index contributed by atoms with van der Waals surface area (Å²) < 4.78 is 5.64. The predicted octanol–water partition coefficient (Wildman–Crippen LogP) is 4.92. The second-order valence-electron chi connectivity index (χ2n) is 7.19. The Morgan fingerprint density at radius 2 is 1.83 bits per heavy atom. The number of benzene rings is 2. The van der Waals surface area contributed by atoms with Gasteiger partial charge in [0.1, 0.15) is 23.4 Å². The molecule has 1 saturated heterocycles. The number of hydrogen-bond donors (Lipinski definition) is 1. The molecule has 1 aliphatic heterocycles. The van der Waals surface area contributed by atoms with E-state index in [2.05, 4.69) is 10.5 Å². The Kier molecular flexibility index (Phi) is 6.43. The summed E-state index contributed by atoms with van der Waals surface area (Å²) in [5.41, 5.74) is -0.250. The molecule has 1 atom stereocenters. The van der Waals surface area contributed by atoms with Crippen molar-refractivity contribution in [2.75, 3.05) is 12.0 Å². The zero-order chi connectivity index (χ0) is 21.9. The van der Waals surface area contributed by atoms with Crippen LogP contribution in [0.5, 0.6) is 0 Å². The maximum absolute atomic E-state index is 13.4. The molecule has 1 fully saturated rings. The average molecular weight is 448 g/mol. The van der Waals surface area contributed by atoms with E-state index in [1.54, 1.807) is 56.3 Å². The van der Waals surface area contributed by atoms with Crippen molar-refractivity contribution < 1.29 is 14.3 Å². The summed E-state index contributed by atoms with van der Waals surface area (Å²) in [6, 6.07) is 13.5. The molecule has 3 rings (SSSR count). The molecule has 1 N–H and O–H groups in total. The lowest BCUT2D eigenvalue weighted by molar-refractivity contribution is -0.157. The molecule has 2 aromatic carbocycles. The molecule has 0 bridgehead atoms. The van der Waals surface area contributed by atoms with Crippen molar-refractivity contribution in [3.8, 4) is 0 Å². The molecule has 7 nitrogen and oxygen atoms in total. The third-order valence-corrected chi connectivity index (χ3v) is 5.26. The van der Waals surface area contributed by atoms with Crippen molar-refractivity contribution in [2.24, 2.45) is 5.18 Å². The predicted molar refractivity (Wildman–Crippen MR) is 115 cm³/mol. The number of nitrogens with one attached hydrogen (secondary N) is 1. The first-order chi connectivity index (χ1) is 14.2. The largest absolute Gasteiger partial charge is 0.474 e. The van der Waals surface area contributed by atoms with E-state index in [1.165, 1.54) is 4.90 Å². The summed E-state index contributed by atoms with van der Waals surface area (Å²) in [5, 5.41) is 6.22. The molecule has 1 heterocycles. The van der Waals surface area contributed by atoms with Gasteiger partial charge in [-0.2, -0.15) is 0 Å². The zero-order valence-electron chi connectivity index (χ0n) is 16.3. The Balaban J connectivity index is 1.89. The molecule has 0 saturated carbocycles. The minimum Gasteiger partial charge on any atom is -0.474 e. The maximum atomic E-state index is 13.4. The van der Waals surface area contributed by atoms with Gasteiger partial charge in [-0.3, -0.25) is 14.5 Å². The number of nitroso groups, excluding NO2 is 1. The normalized spacial score (nSPS) is 18.1. The van der Waals surface area contributed by atoms with E-state index in [9.17, 15) is 14.5 Å². The van der Waals surface area contributed by atoms with Crippen molar-refractivity contribution in [2.45, 2.75) is 25.3 Å². The molecule has 1 unspecified atom stereocenters. The third kappa shape index (κ3) is 4.47. The Labute approximate surface area is 183 Å². The molecule has 2 amide bonds. The van der Waals surface area contributed by atoms with Gasteiger partial charge in [-0.25, -0.2) is 0 Å². The van der Waals surface area contributed by atoms with Crippen LogP contribution >= 0.6 is 23.2 Å². The van der Waals surface area contributed by atoms with Gasteiger partial charge in [-0.1, -0.05) is 53.5 Å². The van der Waals surface area contributed by atoms with E-state index in [-0.39, 0.29) is 18.4 Å². The number of carbonyl (C=O) groups is 2. The highest BCUT2D eigenvalue weighted by Crippen LogP contribution is 2.35. The van der Waals surface area contributed by atoms with Gasteiger partial charge >= 0.3 is 0 Å². The van der Waals surface area contributed by atoms with Crippen LogP contribution in [0.2, 0.25) is 10.0 Å². The highest BCUT2D eigenvalue weighted by atomic mass is 35.5. The first kappa shape index (κ1) is 21.8. The monoisotopic (exact) mass is 447 g/mol. The summed E-state index contributed by atoms with van der Waals surface area (Å²) in [7, 11) is 0. The van der Waals surface area contributed by atoms with Crippen LogP contribution < -0.4 is 5.32 Å². The fraction of sp³-hybridized carbons (Fsp3) is 0.238. The van der Waals surface area contributed by atoms with Crippen molar-refractivity contribution in [1.29, 1.82) is 0 Å². The van der Waals surface area contributed by atoms with E-state index in [1.807, 2.05) is 6.07 Å². The number of hydrogen-bond acceptors (Lipinski definition) is 5. The number of rotatable bonds is 5.